The molecule has 22 heavy (non-hydrogen) atoms. The first-order chi connectivity index (χ1) is 10.8. The third kappa shape index (κ3) is 3.50. The molecular weight excluding hydrogens is 280 g/mol. The van der Waals surface area contributed by atoms with E-state index in [0.29, 0.717) is 13.1 Å². The summed E-state index contributed by atoms with van der Waals surface area (Å²) in [6.45, 7) is 4.19. The van der Waals surface area contributed by atoms with Gasteiger partial charge < -0.3 is 20.2 Å². The molecule has 0 spiro atoms. The molecule has 6 nitrogen and oxygen atoms in total. The standard InChI is InChI=1S/C16H24N4O2/c21-12-14-4-8-20(11-14)16(22)18-10-13-3-5-17-15(9-13)19-6-1-2-7-19/h3,5,9,14,21H,1-2,4,6-8,10-12H2,(H,18,22). The van der Waals surface area contributed by atoms with Crippen molar-refractivity contribution in [3.8, 4) is 0 Å². The minimum absolute atomic E-state index is 0.0458. The number of pyridine rings is 1. The van der Waals surface area contributed by atoms with Crippen molar-refractivity contribution in [1.29, 1.82) is 0 Å². The van der Waals surface area contributed by atoms with Crippen LogP contribution in [-0.4, -0.2) is 53.8 Å². The van der Waals surface area contributed by atoms with Crippen molar-refractivity contribution < 1.29 is 9.90 Å². The molecule has 0 aromatic carbocycles. The average molecular weight is 304 g/mol. The van der Waals surface area contributed by atoms with Crippen molar-refractivity contribution >= 4 is 11.8 Å². The summed E-state index contributed by atoms with van der Waals surface area (Å²) in [6.07, 6.45) is 5.15. The van der Waals surface area contributed by atoms with E-state index in [1.807, 2.05) is 12.3 Å². The van der Waals surface area contributed by atoms with Crippen molar-refractivity contribution in [3.63, 3.8) is 0 Å². The number of anilines is 1. The van der Waals surface area contributed by atoms with E-state index >= 15 is 0 Å². The van der Waals surface area contributed by atoms with Gasteiger partial charge in [0.15, 0.2) is 0 Å². The number of aliphatic hydroxyl groups excluding tert-OH is 1. The Kier molecular flexibility index (Phi) is 4.77. The normalized spacial score (nSPS) is 21.4. The topological polar surface area (TPSA) is 68.7 Å². The molecule has 2 fully saturated rings. The maximum Gasteiger partial charge on any atom is 0.317 e. The molecule has 0 radical (unpaired) electrons. The lowest BCUT2D eigenvalue weighted by Gasteiger charge is -2.19. The van der Waals surface area contributed by atoms with E-state index in [1.165, 1.54) is 12.8 Å². The molecule has 2 amide bonds. The zero-order valence-electron chi connectivity index (χ0n) is 12.9. The minimum atomic E-state index is -0.0458. The zero-order valence-corrected chi connectivity index (χ0v) is 12.9. The molecule has 1 aromatic heterocycles. The van der Waals surface area contributed by atoms with Crippen LogP contribution < -0.4 is 10.2 Å². The molecule has 120 valence electrons. The second-order valence-electron chi connectivity index (χ2n) is 6.16. The third-order valence-electron chi connectivity index (χ3n) is 4.51. The largest absolute Gasteiger partial charge is 0.396 e. The van der Waals surface area contributed by atoms with Crippen LogP contribution in [0.4, 0.5) is 10.6 Å². The Hall–Kier alpha value is -1.82. The molecule has 0 saturated carbocycles. The van der Waals surface area contributed by atoms with Crippen LogP contribution in [0.3, 0.4) is 0 Å². The predicted molar refractivity (Wildman–Crippen MR) is 84.7 cm³/mol. The van der Waals surface area contributed by atoms with Crippen molar-refractivity contribution in [2.45, 2.75) is 25.8 Å². The number of rotatable bonds is 4. The summed E-state index contributed by atoms with van der Waals surface area (Å²) in [4.78, 5) is 20.6. The number of nitrogens with zero attached hydrogens (tertiary/aromatic N) is 3. The van der Waals surface area contributed by atoms with Gasteiger partial charge in [-0.1, -0.05) is 0 Å². The van der Waals surface area contributed by atoms with Crippen LogP contribution >= 0.6 is 0 Å². The molecule has 2 N–H and O–H groups in total. The van der Waals surface area contributed by atoms with Crippen LogP contribution in [-0.2, 0) is 6.54 Å². The number of aromatic nitrogens is 1. The molecule has 2 aliphatic rings. The third-order valence-corrected chi connectivity index (χ3v) is 4.51. The number of urea groups is 1. The first kappa shape index (κ1) is 15.1. The molecule has 2 saturated heterocycles. The Labute approximate surface area is 131 Å². The lowest BCUT2D eigenvalue weighted by atomic mass is 10.1. The molecule has 2 aliphatic heterocycles. The quantitative estimate of drug-likeness (QED) is 0.877. The first-order valence-corrected chi connectivity index (χ1v) is 8.10. The molecule has 6 heteroatoms. The van der Waals surface area contributed by atoms with Gasteiger partial charge in [-0.3, -0.25) is 0 Å². The molecule has 0 bridgehead atoms. The number of amides is 2. The summed E-state index contributed by atoms with van der Waals surface area (Å²) in [7, 11) is 0. The Bertz CT molecular complexity index is 517. The van der Waals surface area contributed by atoms with Gasteiger partial charge >= 0.3 is 6.03 Å². The lowest BCUT2D eigenvalue weighted by Crippen LogP contribution is -2.38. The van der Waals surface area contributed by atoms with Crippen LogP contribution in [0.15, 0.2) is 18.3 Å². The Morgan fingerprint density at radius 1 is 1.36 bits per heavy atom. The maximum atomic E-state index is 12.1. The average Bonchev–Trinajstić information content (AvgIpc) is 3.24. The second-order valence-corrected chi connectivity index (χ2v) is 6.16. The monoisotopic (exact) mass is 304 g/mol. The molecule has 1 atom stereocenters. The summed E-state index contributed by atoms with van der Waals surface area (Å²) >= 11 is 0. The van der Waals surface area contributed by atoms with Crippen molar-refractivity contribution in [1.82, 2.24) is 15.2 Å². The highest BCUT2D eigenvalue weighted by Gasteiger charge is 2.25. The van der Waals surface area contributed by atoms with Gasteiger partial charge in [-0.15, -0.1) is 0 Å². The number of hydrogen-bond acceptors (Lipinski definition) is 4. The van der Waals surface area contributed by atoms with Gasteiger partial charge in [0.05, 0.1) is 0 Å². The van der Waals surface area contributed by atoms with Crippen LogP contribution in [0, 0.1) is 5.92 Å². The molecule has 1 aromatic rings. The van der Waals surface area contributed by atoms with E-state index in [9.17, 15) is 4.79 Å². The van der Waals surface area contributed by atoms with Crippen molar-refractivity contribution in [3.05, 3.63) is 23.9 Å². The number of nitrogens with one attached hydrogen (secondary N) is 1. The number of carbonyl (C=O) groups excluding carboxylic acids is 1. The molecule has 0 aliphatic carbocycles. The van der Waals surface area contributed by atoms with Gasteiger partial charge in [-0.05, 0) is 37.0 Å². The van der Waals surface area contributed by atoms with Crippen LogP contribution in [0.25, 0.3) is 0 Å². The highest BCUT2D eigenvalue weighted by Crippen LogP contribution is 2.19. The summed E-state index contributed by atoms with van der Waals surface area (Å²) in [5.74, 6) is 1.24. The van der Waals surface area contributed by atoms with E-state index in [1.54, 1.807) is 4.90 Å². The molecule has 1 unspecified atom stereocenters. The van der Waals surface area contributed by atoms with Gasteiger partial charge in [-0.25, -0.2) is 9.78 Å². The van der Waals surface area contributed by atoms with E-state index in [4.69, 9.17) is 5.11 Å². The first-order valence-electron chi connectivity index (χ1n) is 8.10. The van der Waals surface area contributed by atoms with Crippen LogP contribution in [0.2, 0.25) is 0 Å². The maximum absolute atomic E-state index is 12.1. The summed E-state index contributed by atoms with van der Waals surface area (Å²) < 4.78 is 0. The fourth-order valence-corrected chi connectivity index (χ4v) is 3.15. The van der Waals surface area contributed by atoms with Crippen LogP contribution in [0.5, 0.6) is 0 Å². The van der Waals surface area contributed by atoms with Crippen LogP contribution in [0.1, 0.15) is 24.8 Å². The Morgan fingerprint density at radius 2 is 2.18 bits per heavy atom. The number of aliphatic hydroxyl groups is 1. The fraction of sp³-hybridized carbons (Fsp3) is 0.625. The van der Waals surface area contributed by atoms with E-state index in [2.05, 4.69) is 21.3 Å². The number of likely N-dealkylation sites (tertiary alicyclic amines) is 1. The highest BCUT2D eigenvalue weighted by molar-refractivity contribution is 5.74. The SMILES string of the molecule is O=C(NCc1ccnc(N2CCCC2)c1)N1CCC(CO)C1. The van der Waals surface area contributed by atoms with E-state index in [-0.39, 0.29) is 18.6 Å². The van der Waals surface area contributed by atoms with Gasteiger partial charge in [0, 0.05) is 51.4 Å². The summed E-state index contributed by atoms with van der Waals surface area (Å²) in [5.41, 5.74) is 1.07. The molecular formula is C16H24N4O2. The Morgan fingerprint density at radius 3 is 2.91 bits per heavy atom. The lowest BCUT2D eigenvalue weighted by molar-refractivity contribution is 0.198. The van der Waals surface area contributed by atoms with Gasteiger partial charge in [0.25, 0.3) is 0 Å². The number of hydrogen-bond donors (Lipinski definition) is 2. The van der Waals surface area contributed by atoms with Crippen molar-refractivity contribution in [2.75, 3.05) is 37.7 Å². The predicted octanol–water partition coefficient (Wildman–Crippen LogP) is 1.21. The van der Waals surface area contributed by atoms with Gasteiger partial charge in [0.2, 0.25) is 0 Å². The minimum Gasteiger partial charge on any atom is -0.396 e. The smallest absolute Gasteiger partial charge is 0.317 e. The zero-order chi connectivity index (χ0) is 15.4. The second kappa shape index (κ2) is 6.96. The van der Waals surface area contributed by atoms with E-state index < -0.39 is 0 Å². The van der Waals surface area contributed by atoms with Crippen molar-refractivity contribution in [2.24, 2.45) is 5.92 Å². The number of carbonyl (C=O) groups is 1. The Balaban J connectivity index is 1.53. The molecule has 3 heterocycles. The summed E-state index contributed by atoms with van der Waals surface area (Å²) in [6, 6.07) is 3.96. The molecule has 3 rings (SSSR count). The highest BCUT2D eigenvalue weighted by atomic mass is 16.3. The van der Waals surface area contributed by atoms with Gasteiger partial charge in [0.1, 0.15) is 5.82 Å². The summed E-state index contributed by atoms with van der Waals surface area (Å²) in [5, 5.41) is 12.1. The van der Waals surface area contributed by atoms with Gasteiger partial charge in [-0.2, -0.15) is 0 Å². The fourth-order valence-electron chi connectivity index (χ4n) is 3.15. The van der Waals surface area contributed by atoms with E-state index in [0.717, 1.165) is 37.4 Å².